The molecule has 1 heterocycles. The quantitative estimate of drug-likeness (QED) is 0.711. The van der Waals surface area contributed by atoms with Crippen molar-refractivity contribution in [1.29, 1.82) is 0 Å². The number of nitrogens with zero attached hydrogens (tertiary/aromatic N) is 1. The fourth-order valence-corrected chi connectivity index (χ4v) is 1.83. The molecule has 4 heteroatoms. The lowest BCUT2D eigenvalue weighted by Crippen LogP contribution is -2.20. The van der Waals surface area contributed by atoms with Crippen LogP contribution in [0.1, 0.15) is 13.3 Å². The Morgan fingerprint density at radius 2 is 2.13 bits per heavy atom. The molecular weight excluding hydrogens is 198 g/mol. The fraction of sp³-hybridized carbons (Fsp3) is 0.455. The lowest BCUT2D eigenvalue weighted by molar-refractivity contribution is 0.584. The maximum Gasteiger partial charge on any atom is 0.151 e. The molecule has 0 fully saturated rings. The zero-order chi connectivity index (χ0) is 11.0. The third kappa shape index (κ3) is 1.89. The number of fused-ring (bicyclic) bond motifs is 1. The van der Waals surface area contributed by atoms with E-state index in [1.807, 2.05) is 18.9 Å². The first-order valence-electron chi connectivity index (χ1n) is 5.04. The summed E-state index contributed by atoms with van der Waals surface area (Å²) in [5.41, 5.74) is 1.00. The van der Waals surface area contributed by atoms with Crippen molar-refractivity contribution in [3.63, 3.8) is 0 Å². The second-order valence-corrected chi connectivity index (χ2v) is 4.04. The molecule has 0 radical (unpaired) electrons. The Hall–Kier alpha value is -1.32. The van der Waals surface area contributed by atoms with Gasteiger partial charge in [0, 0.05) is 25.7 Å². The number of anilines is 2. The van der Waals surface area contributed by atoms with Gasteiger partial charge in [0.05, 0.1) is 11.4 Å². The second-order valence-electron chi connectivity index (χ2n) is 4.04. The minimum Gasteiger partial charge on any atom is -0.378 e. The molecule has 0 aliphatic carbocycles. The van der Waals surface area contributed by atoms with Crippen molar-refractivity contribution in [1.82, 2.24) is 0 Å². The molecule has 2 rings (SSSR count). The Morgan fingerprint density at radius 1 is 1.40 bits per heavy atom. The highest BCUT2D eigenvalue weighted by Crippen LogP contribution is 2.32. The average molecular weight is 212 g/mol. The molecular formula is C11H14F2N2. The smallest absolute Gasteiger partial charge is 0.151 e. The average Bonchev–Trinajstić information content (AvgIpc) is 2.30. The summed E-state index contributed by atoms with van der Waals surface area (Å²) in [5.74, 6) is -1.06. The highest BCUT2D eigenvalue weighted by molar-refractivity contribution is 5.71. The predicted molar refractivity (Wildman–Crippen MR) is 57.3 cm³/mol. The van der Waals surface area contributed by atoms with Crippen LogP contribution in [0.2, 0.25) is 0 Å². The number of hydrogen-bond donors (Lipinski definition) is 1. The van der Waals surface area contributed by atoms with Crippen LogP contribution in [-0.2, 0) is 0 Å². The van der Waals surface area contributed by atoms with E-state index in [1.165, 1.54) is 6.07 Å². The van der Waals surface area contributed by atoms with Gasteiger partial charge in [0.2, 0.25) is 0 Å². The topological polar surface area (TPSA) is 15.3 Å². The van der Waals surface area contributed by atoms with E-state index in [2.05, 4.69) is 5.32 Å². The van der Waals surface area contributed by atoms with Crippen LogP contribution in [0, 0.1) is 11.6 Å². The molecule has 0 amide bonds. The number of benzene rings is 1. The normalized spacial score (nSPS) is 20.5. The maximum absolute atomic E-state index is 13.5. The van der Waals surface area contributed by atoms with Crippen LogP contribution in [0.15, 0.2) is 12.1 Å². The van der Waals surface area contributed by atoms with Crippen LogP contribution in [0.4, 0.5) is 20.2 Å². The van der Waals surface area contributed by atoms with Crippen LogP contribution in [-0.4, -0.2) is 19.6 Å². The first-order valence-corrected chi connectivity index (χ1v) is 5.04. The molecule has 0 saturated carbocycles. The van der Waals surface area contributed by atoms with Crippen molar-refractivity contribution >= 4 is 11.4 Å². The Morgan fingerprint density at radius 3 is 2.87 bits per heavy atom. The number of halogens is 2. The molecule has 1 unspecified atom stereocenters. The minimum atomic E-state index is -0.533. The summed E-state index contributed by atoms with van der Waals surface area (Å²) >= 11 is 0. The lowest BCUT2D eigenvalue weighted by Gasteiger charge is -2.18. The first kappa shape index (κ1) is 10.2. The van der Waals surface area contributed by atoms with Crippen molar-refractivity contribution in [3.8, 4) is 0 Å². The molecule has 1 aliphatic rings. The van der Waals surface area contributed by atoms with Crippen LogP contribution < -0.4 is 10.2 Å². The van der Waals surface area contributed by atoms with Gasteiger partial charge in [-0.05, 0) is 19.4 Å². The van der Waals surface area contributed by atoms with E-state index >= 15 is 0 Å². The Balaban J connectivity index is 2.52. The fourth-order valence-electron chi connectivity index (χ4n) is 1.83. The summed E-state index contributed by atoms with van der Waals surface area (Å²) in [6.45, 7) is 2.79. The molecule has 1 aromatic carbocycles. The van der Waals surface area contributed by atoms with E-state index < -0.39 is 11.6 Å². The zero-order valence-electron chi connectivity index (χ0n) is 8.85. The van der Waals surface area contributed by atoms with Gasteiger partial charge in [-0.15, -0.1) is 0 Å². The number of rotatable bonds is 0. The molecule has 15 heavy (non-hydrogen) atoms. The molecule has 0 spiro atoms. The summed E-state index contributed by atoms with van der Waals surface area (Å²) in [4.78, 5) is 1.87. The largest absolute Gasteiger partial charge is 0.378 e. The van der Waals surface area contributed by atoms with E-state index in [4.69, 9.17) is 0 Å². The highest BCUT2D eigenvalue weighted by Gasteiger charge is 2.20. The van der Waals surface area contributed by atoms with Crippen molar-refractivity contribution < 1.29 is 8.78 Å². The monoisotopic (exact) mass is 212 g/mol. The van der Waals surface area contributed by atoms with Gasteiger partial charge < -0.3 is 10.2 Å². The van der Waals surface area contributed by atoms with Gasteiger partial charge in [-0.2, -0.15) is 0 Å². The Labute approximate surface area is 87.9 Å². The van der Waals surface area contributed by atoms with Crippen molar-refractivity contribution in [3.05, 3.63) is 23.8 Å². The van der Waals surface area contributed by atoms with Crippen LogP contribution >= 0.6 is 0 Å². The summed E-state index contributed by atoms with van der Waals surface area (Å²) in [7, 11) is 1.84. The second kappa shape index (κ2) is 3.68. The predicted octanol–water partition coefficient (Wildman–Crippen LogP) is 2.61. The van der Waals surface area contributed by atoms with Gasteiger partial charge in [0.1, 0.15) is 5.82 Å². The molecule has 1 aliphatic heterocycles. The molecule has 1 atom stereocenters. The summed E-state index contributed by atoms with van der Waals surface area (Å²) in [5, 5.41) is 3.06. The van der Waals surface area contributed by atoms with Crippen molar-refractivity contribution in [2.24, 2.45) is 0 Å². The molecule has 1 aromatic rings. The molecule has 0 aromatic heterocycles. The third-order valence-corrected chi connectivity index (χ3v) is 2.73. The van der Waals surface area contributed by atoms with Gasteiger partial charge in [0.25, 0.3) is 0 Å². The zero-order valence-corrected chi connectivity index (χ0v) is 8.85. The molecule has 0 saturated heterocycles. The van der Waals surface area contributed by atoms with Gasteiger partial charge >= 0.3 is 0 Å². The van der Waals surface area contributed by atoms with Gasteiger partial charge in [-0.1, -0.05) is 0 Å². The van der Waals surface area contributed by atoms with E-state index in [0.29, 0.717) is 11.4 Å². The standard InChI is InChI=1S/C11H14F2N2/c1-7-3-4-15(2)10-6-8(12)5-9(13)11(10)14-7/h5-7,14H,3-4H2,1-2H3. The van der Waals surface area contributed by atoms with Crippen molar-refractivity contribution in [2.75, 3.05) is 23.8 Å². The van der Waals surface area contributed by atoms with Crippen LogP contribution in [0.5, 0.6) is 0 Å². The number of hydrogen-bond acceptors (Lipinski definition) is 2. The maximum atomic E-state index is 13.5. The summed E-state index contributed by atoms with van der Waals surface area (Å²) < 4.78 is 26.6. The third-order valence-electron chi connectivity index (χ3n) is 2.73. The van der Waals surface area contributed by atoms with Gasteiger partial charge in [-0.3, -0.25) is 0 Å². The lowest BCUT2D eigenvalue weighted by atomic mass is 10.2. The number of nitrogens with one attached hydrogen (secondary N) is 1. The van der Waals surface area contributed by atoms with Crippen LogP contribution in [0.25, 0.3) is 0 Å². The SMILES string of the molecule is CC1CCN(C)c2cc(F)cc(F)c2N1. The van der Waals surface area contributed by atoms with E-state index in [0.717, 1.165) is 19.0 Å². The van der Waals surface area contributed by atoms with E-state index in [-0.39, 0.29) is 6.04 Å². The summed E-state index contributed by atoms with van der Waals surface area (Å²) in [6.07, 6.45) is 0.909. The van der Waals surface area contributed by atoms with Crippen LogP contribution in [0.3, 0.4) is 0 Å². The minimum absolute atomic E-state index is 0.202. The van der Waals surface area contributed by atoms with Gasteiger partial charge in [0.15, 0.2) is 5.82 Å². The first-order chi connectivity index (χ1) is 7.08. The molecule has 82 valence electrons. The Bertz CT molecular complexity index is 379. The van der Waals surface area contributed by atoms with E-state index in [1.54, 1.807) is 0 Å². The molecule has 0 bridgehead atoms. The van der Waals surface area contributed by atoms with Gasteiger partial charge in [-0.25, -0.2) is 8.78 Å². The highest BCUT2D eigenvalue weighted by atomic mass is 19.1. The van der Waals surface area contributed by atoms with Crippen molar-refractivity contribution in [2.45, 2.75) is 19.4 Å². The van der Waals surface area contributed by atoms with E-state index in [9.17, 15) is 8.78 Å². The Kier molecular flexibility index (Phi) is 2.50. The molecule has 1 N–H and O–H groups in total. The summed E-state index contributed by atoms with van der Waals surface area (Å²) in [6, 6.07) is 2.48. The molecule has 2 nitrogen and oxygen atoms in total.